The number of fused-ring (bicyclic) bond motifs is 1. The van der Waals surface area contributed by atoms with Crippen LogP contribution in [-0.2, 0) is 24.1 Å². The summed E-state index contributed by atoms with van der Waals surface area (Å²) in [5.74, 6) is -2.31. The molecule has 136 valence electrons. The second-order valence-corrected chi connectivity index (χ2v) is 7.30. The summed E-state index contributed by atoms with van der Waals surface area (Å²) in [6.45, 7) is 0. The van der Waals surface area contributed by atoms with Gasteiger partial charge in [-0.2, -0.15) is 0 Å². The van der Waals surface area contributed by atoms with Gasteiger partial charge in [0.05, 0.1) is 21.5 Å². The average molecular weight is 381 g/mol. The van der Waals surface area contributed by atoms with E-state index in [1.54, 1.807) is 0 Å². The van der Waals surface area contributed by atoms with Crippen LogP contribution in [0.5, 0.6) is 0 Å². The van der Waals surface area contributed by atoms with Crippen molar-refractivity contribution in [2.75, 3.05) is 4.72 Å². The maximum absolute atomic E-state index is 13.3. The number of aromatic nitrogens is 2. The Kier molecular flexibility index (Phi) is 4.15. The van der Waals surface area contributed by atoms with Crippen molar-refractivity contribution in [1.82, 2.24) is 9.13 Å². The molecule has 0 bridgehead atoms. The predicted octanol–water partition coefficient (Wildman–Crippen LogP) is 1.32. The summed E-state index contributed by atoms with van der Waals surface area (Å²) in [4.78, 5) is 23.9. The molecule has 0 radical (unpaired) electrons. The van der Waals surface area contributed by atoms with Crippen molar-refractivity contribution in [3.8, 4) is 0 Å². The molecular formula is C16H13F2N3O4S. The first-order valence-electron chi connectivity index (χ1n) is 7.29. The Labute approximate surface area is 146 Å². The molecule has 0 amide bonds. The van der Waals surface area contributed by atoms with Crippen LogP contribution in [0.25, 0.3) is 10.9 Å². The van der Waals surface area contributed by atoms with Gasteiger partial charge < -0.3 is 0 Å². The molecule has 0 aliphatic rings. The highest BCUT2D eigenvalue weighted by Crippen LogP contribution is 2.20. The summed E-state index contributed by atoms with van der Waals surface area (Å²) >= 11 is 0. The monoisotopic (exact) mass is 381 g/mol. The largest absolute Gasteiger partial charge is 0.330 e. The molecule has 0 saturated heterocycles. The van der Waals surface area contributed by atoms with Crippen LogP contribution in [-0.4, -0.2) is 17.6 Å². The summed E-state index contributed by atoms with van der Waals surface area (Å²) in [6, 6.07) is 6.23. The highest BCUT2D eigenvalue weighted by molar-refractivity contribution is 7.92. The molecule has 26 heavy (non-hydrogen) atoms. The number of benzene rings is 2. The Bertz CT molecular complexity index is 1260. The van der Waals surface area contributed by atoms with E-state index in [4.69, 9.17) is 0 Å². The molecule has 10 heteroatoms. The van der Waals surface area contributed by atoms with Gasteiger partial charge in [-0.15, -0.1) is 0 Å². The SMILES string of the molecule is Cn1c(=O)c2cc(S(=O)(=O)Nc3ccc(F)c(F)c3)ccc2n(C)c1=O. The standard InChI is InChI=1S/C16H13F2N3O4S/c1-20-14-6-4-10(8-11(14)15(22)21(2)16(20)23)26(24,25)19-9-3-5-12(17)13(18)7-9/h3-8,19H,1-2H3. The predicted molar refractivity (Wildman–Crippen MR) is 91.6 cm³/mol. The summed E-state index contributed by atoms with van der Waals surface area (Å²) in [7, 11) is -1.42. The third kappa shape index (κ3) is 2.88. The molecule has 0 atom stereocenters. The van der Waals surface area contributed by atoms with Crippen molar-refractivity contribution in [2.45, 2.75) is 4.90 Å². The minimum Gasteiger partial charge on any atom is -0.296 e. The molecule has 1 aromatic heterocycles. The fourth-order valence-electron chi connectivity index (χ4n) is 2.52. The van der Waals surface area contributed by atoms with Gasteiger partial charge in [-0.25, -0.2) is 22.0 Å². The van der Waals surface area contributed by atoms with Crippen molar-refractivity contribution >= 4 is 26.6 Å². The smallest absolute Gasteiger partial charge is 0.296 e. The normalized spacial score (nSPS) is 11.7. The maximum Gasteiger partial charge on any atom is 0.330 e. The molecule has 1 N–H and O–H groups in total. The van der Waals surface area contributed by atoms with Crippen molar-refractivity contribution in [3.05, 3.63) is 68.9 Å². The van der Waals surface area contributed by atoms with E-state index < -0.39 is 32.9 Å². The number of nitrogens with one attached hydrogen (secondary N) is 1. The van der Waals surface area contributed by atoms with Crippen LogP contribution in [0, 0.1) is 11.6 Å². The highest BCUT2D eigenvalue weighted by Gasteiger charge is 2.18. The van der Waals surface area contributed by atoms with Crippen molar-refractivity contribution in [2.24, 2.45) is 14.1 Å². The van der Waals surface area contributed by atoms with Crippen LogP contribution in [0.2, 0.25) is 0 Å². The van der Waals surface area contributed by atoms with Crippen LogP contribution < -0.4 is 16.0 Å². The number of rotatable bonds is 3. The Balaban J connectivity index is 2.13. The van der Waals surface area contributed by atoms with Gasteiger partial charge in [0.2, 0.25) is 0 Å². The van der Waals surface area contributed by atoms with Gasteiger partial charge in [0.15, 0.2) is 11.6 Å². The van der Waals surface area contributed by atoms with Gasteiger partial charge in [0.25, 0.3) is 15.6 Å². The van der Waals surface area contributed by atoms with Crippen molar-refractivity contribution in [1.29, 1.82) is 0 Å². The third-order valence-electron chi connectivity index (χ3n) is 3.92. The summed E-state index contributed by atoms with van der Waals surface area (Å²) < 4.78 is 55.4. The lowest BCUT2D eigenvalue weighted by atomic mass is 10.2. The Morgan fingerprint density at radius 3 is 2.27 bits per heavy atom. The van der Waals surface area contributed by atoms with Gasteiger partial charge in [-0.1, -0.05) is 0 Å². The first kappa shape index (κ1) is 17.8. The molecule has 3 rings (SSSR count). The van der Waals surface area contributed by atoms with Crippen LogP contribution in [0.3, 0.4) is 0 Å². The molecule has 1 heterocycles. The van der Waals surface area contributed by atoms with Crippen LogP contribution in [0.4, 0.5) is 14.5 Å². The molecule has 2 aromatic carbocycles. The summed E-state index contributed by atoms with van der Waals surface area (Å²) in [5, 5.41) is 0.0303. The number of sulfonamides is 1. The van der Waals surface area contributed by atoms with Crippen molar-refractivity contribution in [3.63, 3.8) is 0 Å². The minimum absolute atomic E-state index is 0.0303. The number of nitrogens with zero attached hydrogens (tertiary/aromatic N) is 2. The van der Waals surface area contributed by atoms with Gasteiger partial charge in [-0.3, -0.25) is 18.7 Å². The number of hydrogen-bond donors (Lipinski definition) is 1. The molecule has 0 aliphatic heterocycles. The molecule has 3 aromatic rings. The second-order valence-electron chi connectivity index (χ2n) is 5.62. The molecule has 0 aliphatic carbocycles. The van der Waals surface area contributed by atoms with E-state index in [1.807, 2.05) is 0 Å². The number of halogens is 2. The molecule has 7 nitrogen and oxygen atoms in total. The highest BCUT2D eigenvalue weighted by atomic mass is 32.2. The number of anilines is 1. The lowest BCUT2D eigenvalue weighted by molar-refractivity contribution is 0.509. The first-order valence-corrected chi connectivity index (χ1v) is 8.78. The zero-order valence-electron chi connectivity index (χ0n) is 13.7. The van der Waals surface area contributed by atoms with Crippen molar-refractivity contribution < 1.29 is 17.2 Å². The lowest BCUT2D eigenvalue weighted by Crippen LogP contribution is -2.37. The van der Waals surface area contributed by atoms with E-state index in [9.17, 15) is 26.8 Å². The van der Waals surface area contributed by atoms with E-state index in [2.05, 4.69) is 4.72 Å². The number of hydrogen-bond acceptors (Lipinski definition) is 4. The van der Waals surface area contributed by atoms with Crippen LogP contribution in [0.15, 0.2) is 50.9 Å². The maximum atomic E-state index is 13.3. The van der Waals surface area contributed by atoms with Crippen LogP contribution in [0.1, 0.15) is 0 Å². The Morgan fingerprint density at radius 1 is 0.923 bits per heavy atom. The van der Waals surface area contributed by atoms with E-state index in [-0.39, 0.29) is 21.5 Å². The number of aryl methyl sites for hydroxylation is 1. The van der Waals surface area contributed by atoms with E-state index >= 15 is 0 Å². The minimum atomic E-state index is -4.16. The zero-order valence-corrected chi connectivity index (χ0v) is 14.5. The quantitative estimate of drug-likeness (QED) is 0.741. The molecular weight excluding hydrogens is 368 g/mol. The van der Waals surface area contributed by atoms with Gasteiger partial charge in [0.1, 0.15) is 0 Å². The topological polar surface area (TPSA) is 90.2 Å². The van der Waals surface area contributed by atoms with Gasteiger partial charge in [0, 0.05) is 20.2 Å². The fraction of sp³-hybridized carbons (Fsp3) is 0.125. The molecule has 0 fully saturated rings. The Hall–Kier alpha value is -3.01. The Morgan fingerprint density at radius 2 is 1.62 bits per heavy atom. The summed E-state index contributed by atoms with van der Waals surface area (Å²) in [5.41, 5.74) is -1.09. The average Bonchev–Trinajstić information content (AvgIpc) is 2.60. The van der Waals surface area contributed by atoms with Crippen LogP contribution >= 0.6 is 0 Å². The van der Waals surface area contributed by atoms with E-state index in [0.29, 0.717) is 6.07 Å². The van der Waals surface area contributed by atoms with Gasteiger partial charge >= 0.3 is 5.69 Å². The van der Waals surface area contributed by atoms with Gasteiger partial charge in [-0.05, 0) is 30.3 Å². The summed E-state index contributed by atoms with van der Waals surface area (Å²) in [6.07, 6.45) is 0. The third-order valence-corrected chi connectivity index (χ3v) is 5.30. The van der Waals surface area contributed by atoms with E-state index in [1.165, 1.54) is 30.8 Å². The molecule has 0 saturated carbocycles. The molecule has 0 unspecified atom stereocenters. The fourth-order valence-corrected chi connectivity index (χ4v) is 3.59. The first-order chi connectivity index (χ1) is 12.1. The molecule has 0 spiro atoms. The zero-order chi connectivity index (χ0) is 19.2. The second kappa shape index (κ2) is 6.06. The van der Waals surface area contributed by atoms with E-state index in [0.717, 1.165) is 22.8 Å². The lowest BCUT2D eigenvalue weighted by Gasteiger charge is -2.11.